The molecule has 2 atom stereocenters. The molecule has 0 bridgehead atoms. The molecule has 1 aromatic rings. The van der Waals surface area contributed by atoms with Gasteiger partial charge in [-0.05, 0) is 18.4 Å². The van der Waals surface area contributed by atoms with Crippen LogP contribution in [0.4, 0.5) is 0 Å². The summed E-state index contributed by atoms with van der Waals surface area (Å²) in [5, 5.41) is 12.9. The summed E-state index contributed by atoms with van der Waals surface area (Å²) in [5.74, 6) is -0.810. The van der Waals surface area contributed by atoms with Gasteiger partial charge in [0.05, 0.1) is 6.10 Å². The maximum Gasteiger partial charge on any atom is 0.326 e. The first kappa shape index (κ1) is 14.0. The summed E-state index contributed by atoms with van der Waals surface area (Å²) in [5.41, 5.74) is 0.131. The predicted molar refractivity (Wildman–Crippen MR) is 72.9 cm³/mol. The normalized spacial score (nSPS) is 27.1. The zero-order chi connectivity index (χ0) is 13.7. The average molecular weight is 263 g/mol. The van der Waals surface area contributed by atoms with Crippen LogP contribution in [-0.2, 0) is 16.1 Å². The first-order chi connectivity index (χ1) is 9.19. The second-order valence-electron chi connectivity index (χ2n) is 5.09. The molecule has 19 heavy (non-hydrogen) atoms. The van der Waals surface area contributed by atoms with Crippen molar-refractivity contribution in [1.82, 2.24) is 5.32 Å². The number of hydrogen-bond donors (Lipinski definition) is 2. The monoisotopic (exact) mass is 263 g/mol. The molecule has 0 heterocycles. The molecule has 1 aliphatic carbocycles. The van der Waals surface area contributed by atoms with E-state index in [9.17, 15) is 9.90 Å². The highest BCUT2D eigenvalue weighted by Crippen LogP contribution is 2.31. The van der Waals surface area contributed by atoms with E-state index in [0.29, 0.717) is 13.0 Å². The zero-order valence-electron chi connectivity index (χ0n) is 11.3. The largest absolute Gasteiger partial charge is 0.480 e. The Hall–Kier alpha value is -1.39. The van der Waals surface area contributed by atoms with Crippen molar-refractivity contribution in [2.75, 3.05) is 7.11 Å². The Balaban J connectivity index is 2.13. The summed E-state index contributed by atoms with van der Waals surface area (Å²) in [6.07, 6.45) is 3.11. The summed E-state index contributed by atoms with van der Waals surface area (Å²) in [6.45, 7) is 0.549. The Morgan fingerprint density at radius 1 is 1.42 bits per heavy atom. The second-order valence-corrected chi connectivity index (χ2v) is 5.09. The Morgan fingerprint density at radius 3 is 2.79 bits per heavy atom. The number of carboxylic acid groups (broad SMARTS) is 1. The quantitative estimate of drug-likeness (QED) is 0.855. The number of carbonyl (C=O) groups is 1. The minimum Gasteiger partial charge on any atom is -0.480 e. The third kappa shape index (κ3) is 2.96. The Kier molecular flexibility index (Phi) is 4.56. The predicted octanol–water partition coefficient (Wildman–Crippen LogP) is 2.19. The lowest BCUT2D eigenvalue weighted by atomic mass is 9.78. The number of hydrogen-bond acceptors (Lipinski definition) is 3. The van der Waals surface area contributed by atoms with Crippen molar-refractivity contribution in [3.8, 4) is 0 Å². The summed E-state index contributed by atoms with van der Waals surface area (Å²) in [6, 6.07) is 9.85. The van der Waals surface area contributed by atoms with E-state index in [-0.39, 0.29) is 6.10 Å². The van der Waals surface area contributed by atoms with Crippen molar-refractivity contribution in [2.24, 2.45) is 0 Å². The van der Waals surface area contributed by atoms with E-state index in [4.69, 9.17) is 4.74 Å². The van der Waals surface area contributed by atoms with Crippen LogP contribution in [0.2, 0.25) is 0 Å². The van der Waals surface area contributed by atoms with E-state index >= 15 is 0 Å². The Labute approximate surface area is 113 Å². The molecule has 2 rings (SSSR count). The molecule has 4 nitrogen and oxygen atoms in total. The number of carboxylic acids is 1. The lowest BCUT2D eigenvalue weighted by Gasteiger charge is -2.40. The smallest absolute Gasteiger partial charge is 0.326 e. The molecule has 0 radical (unpaired) electrons. The van der Waals surface area contributed by atoms with Gasteiger partial charge in [0.2, 0.25) is 0 Å². The van der Waals surface area contributed by atoms with Crippen LogP contribution in [0.3, 0.4) is 0 Å². The van der Waals surface area contributed by atoms with Crippen molar-refractivity contribution >= 4 is 5.97 Å². The molecule has 2 N–H and O–H groups in total. The van der Waals surface area contributed by atoms with Gasteiger partial charge in [-0.15, -0.1) is 0 Å². The van der Waals surface area contributed by atoms with Gasteiger partial charge in [-0.1, -0.05) is 43.2 Å². The average Bonchev–Trinajstić information content (AvgIpc) is 2.46. The van der Waals surface area contributed by atoms with Crippen LogP contribution >= 0.6 is 0 Å². The van der Waals surface area contributed by atoms with Crippen molar-refractivity contribution in [2.45, 2.75) is 43.9 Å². The molecule has 104 valence electrons. The minimum absolute atomic E-state index is 0.262. The van der Waals surface area contributed by atoms with Crippen molar-refractivity contribution < 1.29 is 14.6 Å². The highest BCUT2D eigenvalue weighted by Gasteiger charge is 2.47. The summed E-state index contributed by atoms with van der Waals surface area (Å²) < 4.78 is 5.41. The highest BCUT2D eigenvalue weighted by atomic mass is 16.5. The van der Waals surface area contributed by atoms with Crippen molar-refractivity contribution in [3.63, 3.8) is 0 Å². The van der Waals surface area contributed by atoms with E-state index in [0.717, 1.165) is 24.8 Å². The van der Waals surface area contributed by atoms with Crippen LogP contribution in [0.5, 0.6) is 0 Å². The summed E-state index contributed by atoms with van der Waals surface area (Å²) in [4.78, 5) is 11.7. The summed E-state index contributed by atoms with van der Waals surface area (Å²) in [7, 11) is 1.60. The summed E-state index contributed by atoms with van der Waals surface area (Å²) >= 11 is 0. The van der Waals surface area contributed by atoms with Crippen LogP contribution in [0.25, 0.3) is 0 Å². The van der Waals surface area contributed by atoms with E-state index < -0.39 is 11.5 Å². The van der Waals surface area contributed by atoms with Crippen LogP contribution in [-0.4, -0.2) is 29.8 Å². The van der Waals surface area contributed by atoms with Gasteiger partial charge < -0.3 is 9.84 Å². The fourth-order valence-corrected chi connectivity index (χ4v) is 2.84. The topological polar surface area (TPSA) is 58.6 Å². The maximum absolute atomic E-state index is 11.7. The van der Waals surface area contributed by atoms with Gasteiger partial charge in [-0.2, -0.15) is 0 Å². The van der Waals surface area contributed by atoms with Gasteiger partial charge in [0.25, 0.3) is 0 Å². The van der Waals surface area contributed by atoms with Gasteiger partial charge in [0.15, 0.2) is 0 Å². The molecule has 1 aromatic carbocycles. The molecule has 1 saturated carbocycles. The number of aliphatic carboxylic acids is 1. The molecular formula is C15H21NO3. The van der Waals surface area contributed by atoms with E-state index in [1.165, 1.54) is 0 Å². The van der Waals surface area contributed by atoms with Crippen LogP contribution < -0.4 is 5.32 Å². The number of ether oxygens (including phenoxy) is 1. The standard InChI is InChI=1S/C15H21NO3/c1-19-13-9-5-6-10-15(13,14(17)18)16-11-12-7-3-2-4-8-12/h2-4,7-8,13,16H,5-6,9-11H2,1H3,(H,17,18). The van der Waals surface area contributed by atoms with Gasteiger partial charge in [0.1, 0.15) is 5.54 Å². The van der Waals surface area contributed by atoms with Crippen molar-refractivity contribution in [1.29, 1.82) is 0 Å². The highest BCUT2D eigenvalue weighted by molar-refractivity contribution is 5.80. The molecule has 1 fully saturated rings. The first-order valence-electron chi connectivity index (χ1n) is 6.74. The van der Waals surface area contributed by atoms with Gasteiger partial charge in [-0.3, -0.25) is 10.1 Å². The molecule has 0 aliphatic heterocycles. The maximum atomic E-state index is 11.7. The fraction of sp³-hybridized carbons (Fsp3) is 0.533. The SMILES string of the molecule is COC1CCCCC1(NCc1ccccc1)C(=O)O. The lowest BCUT2D eigenvalue weighted by molar-refractivity contribution is -0.154. The third-order valence-electron chi connectivity index (χ3n) is 3.95. The van der Waals surface area contributed by atoms with E-state index in [1.807, 2.05) is 30.3 Å². The van der Waals surface area contributed by atoms with E-state index in [1.54, 1.807) is 7.11 Å². The molecular weight excluding hydrogens is 242 g/mol. The molecule has 0 amide bonds. The van der Waals surface area contributed by atoms with Crippen molar-refractivity contribution in [3.05, 3.63) is 35.9 Å². The number of rotatable bonds is 5. The second kappa shape index (κ2) is 6.17. The Morgan fingerprint density at radius 2 is 2.16 bits per heavy atom. The lowest BCUT2D eigenvalue weighted by Crippen LogP contribution is -2.61. The van der Waals surface area contributed by atoms with Gasteiger partial charge >= 0.3 is 5.97 Å². The van der Waals surface area contributed by atoms with Gasteiger partial charge in [-0.25, -0.2) is 0 Å². The minimum atomic E-state index is -0.956. The molecule has 0 saturated heterocycles. The number of methoxy groups -OCH3 is 1. The Bertz CT molecular complexity index is 421. The molecule has 4 heteroatoms. The first-order valence-corrected chi connectivity index (χ1v) is 6.74. The van der Waals surface area contributed by atoms with Crippen LogP contribution in [0, 0.1) is 0 Å². The molecule has 2 unspecified atom stereocenters. The molecule has 0 aromatic heterocycles. The molecule has 1 aliphatic rings. The third-order valence-corrected chi connectivity index (χ3v) is 3.95. The number of benzene rings is 1. The van der Waals surface area contributed by atoms with Crippen LogP contribution in [0.15, 0.2) is 30.3 Å². The zero-order valence-corrected chi connectivity index (χ0v) is 11.3. The molecule has 0 spiro atoms. The number of nitrogens with one attached hydrogen (secondary N) is 1. The fourth-order valence-electron chi connectivity index (χ4n) is 2.84. The van der Waals surface area contributed by atoms with Gasteiger partial charge in [0, 0.05) is 13.7 Å². The van der Waals surface area contributed by atoms with Crippen LogP contribution in [0.1, 0.15) is 31.2 Å². The van der Waals surface area contributed by atoms with E-state index in [2.05, 4.69) is 5.32 Å².